The Morgan fingerprint density at radius 2 is 2.00 bits per heavy atom. The molecular weight excluding hydrogens is 318 g/mol. The molecule has 2 heterocycles. The van der Waals surface area contributed by atoms with Crippen molar-refractivity contribution in [2.45, 2.75) is 19.8 Å². The monoisotopic (exact) mass is 335 g/mol. The number of fused-ring (bicyclic) bond motifs is 1. The average molecular weight is 335 g/mol. The first-order valence-corrected chi connectivity index (χ1v) is 8.20. The molecule has 6 nitrogen and oxygen atoms in total. The summed E-state index contributed by atoms with van der Waals surface area (Å²) in [6.07, 6.45) is 1.46. The van der Waals surface area contributed by atoms with Crippen LogP contribution in [0.15, 0.2) is 46.9 Å². The summed E-state index contributed by atoms with van der Waals surface area (Å²) in [7, 11) is 0. The van der Waals surface area contributed by atoms with Crippen LogP contribution >= 0.6 is 0 Å². The zero-order valence-corrected chi connectivity index (χ0v) is 13.8. The summed E-state index contributed by atoms with van der Waals surface area (Å²) in [6.45, 7) is 2.50. The lowest BCUT2D eigenvalue weighted by Crippen LogP contribution is -2.23. The molecule has 0 bridgehead atoms. The van der Waals surface area contributed by atoms with E-state index in [1.165, 1.54) is 0 Å². The van der Waals surface area contributed by atoms with E-state index in [0.29, 0.717) is 34.7 Å². The third-order valence-electron chi connectivity index (χ3n) is 4.28. The highest BCUT2D eigenvalue weighted by Crippen LogP contribution is 2.25. The standard InChI is InChI=1S/C19H17N3O3/c1-12-20-15-4-2-5-16(18(15)25-12)21-19(24)13-7-9-14(10-8-13)22-11-3-6-17(22)23/h2,4-5,7-10H,3,6,11H2,1H3,(H,21,24). The molecule has 0 radical (unpaired) electrons. The van der Waals surface area contributed by atoms with E-state index in [2.05, 4.69) is 10.3 Å². The summed E-state index contributed by atoms with van der Waals surface area (Å²) in [4.78, 5) is 30.3. The third-order valence-corrected chi connectivity index (χ3v) is 4.28. The Hall–Kier alpha value is -3.15. The molecular formula is C19H17N3O3. The van der Waals surface area contributed by atoms with Gasteiger partial charge in [0.2, 0.25) is 5.91 Å². The van der Waals surface area contributed by atoms with Gasteiger partial charge >= 0.3 is 0 Å². The fourth-order valence-corrected chi connectivity index (χ4v) is 3.07. The maximum atomic E-state index is 12.5. The summed E-state index contributed by atoms with van der Waals surface area (Å²) < 4.78 is 5.56. The summed E-state index contributed by atoms with van der Waals surface area (Å²) in [6, 6.07) is 12.5. The van der Waals surface area contributed by atoms with Crippen LogP contribution in [0.2, 0.25) is 0 Å². The van der Waals surface area contributed by atoms with Crippen LogP contribution in [-0.2, 0) is 4.79 Å². The Kier molecular flexibility index (Phi) is 3.72. The minimum atomic E-state index is -0.235. The number of benzene rings is 2. The molecule has 0 atom stereocenters. The maximum absolute atomic E-state index is 12.5. The van der Waals surface area contributed by atoms with Crippen LogP contribution in [0.25, 0.3) is 11.1 Å². The highest BCUT2D eigenvalue weighted by Gasteiger charge is 2.21. The number of anilines is 2. The Labute approximate surface area is 144 Å². The Morgan fingerprint density at radius 1 is 1.20 bits per heavy atom. The molecule has 1 aromatic heterocycles. The van der Waals surface area contributed by atoms with Gasteiger partial charge in [-0.3, -0.25) is 9.59 Å². The molecule has 0 spiro atoms. The first-order chi connectivity index (χ1) is 12.1. The number of hydrogen-bond acceptors (Lipinski definition) is 4. The molecule has 0 unspecified atom stereocenters. The van der Waals surface area contributed by atoms with E-state index in [4.69, 9.17) is 4.42 Å². The molecule has 0 aliphatic carbocycles. The maximum Gasteiger partial charge on any atom is 0.255 e. The van der Waals surface area contributed by atoms with Gasteiger partial charge in [0, 0.05) is 31.1 Å². The van der Waals surface area contributed by atoms with Gasteiger partial charge < -0.3 is 14.6 Å². The van der Waals surface area contributed by atoms with Crippen molar-refractivity contribution in [1.82, 2.24) is 4.98 Å². The van der Waals surface area contributed by atoms with E-state index in [-0.39, 0.29) is 11.8 Å². The van der Waals surface area contributed by atoms with Gasteiger partial charge in [0.1, 0.15) is 5.52 Å². The van der Waals surface area contributed by atoms with Crippen molar-refractivity contribution in [2.75, 3.05) is 16.8 Å². The lowest BCUT2D eigenvalue weighted by Gasteiger charge is -2.15. The molecule has 3 aromatic rings. The third kappa shape index (κ3) is 2.87. The zero-order valence-electron chi connectivity index (χ0n) is 13.8. The van der Waals surface area contributed by atoms with Crippen LogP contribution in [0.3, 0.4) is 0 Å². The van der Waals surface area contributed by atoms with E-state index in [9.17, 15) is 9.59 Å². The van der Waals surface area contributed by atoms with E-state index in [0.717, 1.165) is 18.7 Å². The first kappa shape index (κ1) is 15.4. The Morgan fingerprint density at radius 3 is 2.72 bits per heavy atom. The first-order valence-electron chi connectivity index (χ1n) is 8.20. The van der Waals surface area contributed by atoms with Gasteiger partial charge in [-0.1, -0.05) is 6.07 Å². The van der Waals surface area contributed by atoms with E-state index in [1.807, 2.05) is 12.1 Å². The number of carbonyl (C=O) groups is 2. The molecule has 25 heavy (non-hydrogen) atoms. The Bertz CT molecular complexity index is 960. The number of oxazole rings is 1. The number of nitrogens with one attached hydrogen (secondary N) is 1. The van der Waals surface area contributed by atoms with Crippen molar-refractivity contribution in [3.05, 3.63) is 53.9 Å². The largest absolute Gasteiger partial charge is 0.439 e. The van der Waals surface area contributed by atoms with E-state index < -0.39 is 0 Å². The van der Waals surface area contributed by atoms with E-state index >= 15 is 0 Å². The number of amides is 2. The summed E-state index contributed by atoms with van der Waals surface area (Å²) >= 11 is 0. The van der Waals surface area contributed by atoms with Gasteiger partial charge in [0.25, 0.3) is 5.91 Å². The normalized spacial score (nSPS) is 14.3. The second kappa shape index (κ2) is 6.05. The molecule has 0 saturated carbocycles. The number of carbonyl (C=O) groups excluding carboxylic acids is 2. The fourth-order valence-electron chi connectivity index (χ4n) is 3.07. The van der Waals surface area contributed by atoms with Gasteiger partial charge in [-0.15, -0.1) is 0 Å². The zero-order chi connectivity index (χ0) is 17.4. The quantitative estimate of drug-likeness (QED) is 0.794. The Balaban J connectivity index is 1.55. The van der Waals surface area contributed by atoms with Gasteiger partial charge in [0.15, 0.2) is 11.5 Å². The van der Waals surface area contributed by atoms with E-state index in [1.54, 1.807) is 42.2 Å². The summed E-state index contributed by atoms with van der Waals surface area (Å²) in [5, 5.41) is 2.86. The molecule has 4 rings (SSSR count). The van der Waals surface area contributed by atoms with Crippen LogP contribution in [0.5, 0.6) is 0 Å². The van der Waals surface area contributed by atoms with Crippen molar-refractivity contribution in [3.63, 3.8) is 0 Å². The fraction of sp³-hybridized carbons (Fsp3) is 0.211. The van der Waals surface area contributed by atoms with Crippen molar-refractivity contribution in [3.8, 4) is 0 Å². The van der Waals surface area contributed by atoms with Gasteiger partial charge in [-0.05, 0) is 42.8 Å². The SMILES string of the molecule is Cc1nc2cccc(NC(=O)c3ccc(N4CCCC4=O)cc3)c2o1. The van der Waals surface area contributed by atoms with Crippen molar-refractivity contribution in [2.24, 2.45) is 0 Å². The summed E-state index contributed by atoms with van der Waals surface area (Å²) in [5.74, 6) is 0.446. The molecule has 2 aromatic carbocycles. The molecule has 1 aliphatic rings. The van der Waals surface area contributed by atoms with Gasteiger partial charge in [-0.25, -0.2) is 4.98 Å². The number of aromatic nitrogens is 1. The second-order valence-electron chi connectivity index (χ2n) is 6.04. The van der Waals surface area contributed by atoms with Crippen LogP contribution < -0.4 is 10.2 Å². The lowest BCUT2D eigenvalue weighted by molar-refractivity contribution is -0.117. The summed E-state index contributed by atoms with van der Waals surface area (Å²) in [5.41, 5.74) is 3.20. The smallest absolute Gasteiger partial charge is 0.255 e. The topological polar surface area (TPSA) is 75.4 Å². The highest BCUT2D eigenvalue weighted by atomic mass is 16.3. The molecule has 6 heteroatoms. The van der Waals surface area contributed by atoms with Gasteiger partial charge in [0.05, 0.1) is 5.69 Å². The lowest BCUT2D eigenvalue weighted by atomic mass is 10.1. The van der Waals surface area contributed by atoms with Crippen molar-refractivity contribution >= 4 is 34.3 Å². The average Bonchev–Trinajstić information content (AvgIpc) is 3.20. The van der Waals surface area contributed by atoms with Crippen LogP contribution in [0.1, 0.15) is 29.1 Å². The minimum Gasteiger partial charge on any atom is -0.439 e. The van der Waals surface area contributed by atoms with Crippen molar-refractivity contribution in [1.29, 1.82) is 0 Å². The number of rotatable bonds is 3. The van der Waals surface area contributed by atoms with Crippen LogP contribution in [-0.4, -0.2) is 23.3 Å². The molecule has 1 saturated heterocycles. The number of nitrogens with zero attached hydrogens (tertiary/aromatic N) is 2. The predicted molar refractivity (Wildman–Crippen MR) is 94.7 cm³/mol. The predicted octanol–water partition coefficient (Wildman–Crippen LogP) is 3.52. The molecule has 1 aliphatic heterocycles. The van der Waals surface area contributed by atoms with Crippen LogP contribution in [0.4, 0.5) is 11.4 Å². The number of hydrogen-bond donors (Lipinski definition) is 1. The molecule has 1 N–H and O–H groups in total. The second-order valence-corrected chi connectivity index (χ2v) is 6.04. The number of aryl methyl sites for hydroxylation is 1. The molecule has 2 amide bonds. The highest BCUT2D eigenvalue weighted by molar-refractivity contribution is 6.08. The van der Waals surface area contributed by atoms with Crippen LogP contribution in [0, 0.1) is 6.92 Å². The van der Waals surface area contributed by atoms with Gasteiger partial charge in [-0.2, -0.15) is 0 Å². The minimum absolute atomic E-state index is 0.129. The molecule has 1 fully saturated rings. The van der Waals surface area contributed by atoms with Crippen molar-refractivity contribution < 1.29 is 14.0 Å². The number of para-hydroxylation sites is 1. The molecule has 126 valence electrons.